The predicted octanol–water partition coefficient (Wildman–Crippen LogP) is 2.64. The highest BCUT2D eigenvalue weighted by molar-refractivity contribution is 6.38. The molecule has 0 bridgehead atoms. The van der Waals surface area contributed by atoms with Gasteiger partial charge in [0, 0.05) is 0 Å². The van der Waals surface area contributed by atoms with E-state index < -0.39 is 12.6 Å². The Morgan fingerprint density at radius 3 is 2.63 bits per heavy atom. The van der Waals surface area contributed by atoms with Crippen molar-refractivity contribution in [2.45, 2.75) is 6.61 Å². The van der Waals surface area contributed by atoms with Gasteiger partial charge in [-0.1, -0.05) is 29.3 Å². The smallest absolute Gasteiger partial charge is 0.329 e. The predicted molar refractivity (Wildman–Crippen MR) is 67.0 cm³/mol. The van der Waals surface area contributed by atoms with Crippen molar-refractivity contribution in [2.24, 2.45) is 0 Å². The molecule has 0 fully saturated rings. The Morgan fingerprint density at radius 2 is 2.00 bits per heavy atom. The Morgan fingerprint density at radius 1 is 1.32 bits per heavy atom. The summed E-state index contributed by atoms with van der Waals surface area (Å²) >= 11 is 12.0. The molecule has 0 aliphatic heterocycles. The number of ether oxygens (including phenoxy) is 1. The highest BCUT2D eigenvalue weighted by Crippen LogP contribution is 2.33. The van der Waals surface area contributed by atoms with E-state index >= 15 is 0 Å². The average molecular weight is 303 g/mol. The number of hydrogen-bond acceptors (Lipinski definition) is 5. The first kappa shape index (κ1) is 13.8. The molecule has 8 heteroatoms. The van der Waals surface area contributed by atoms with Gasteiger partial charge in [0.1, 0.15) is 13.2 Å². The van der Waals surface area contributed by atoms with Gasteiger partial charge in [-0.15, -0.1) is 10.2 Å². The number of carboxylic acid groups (broad SMARTS) is 1. The number of hydrogen-bond donors (Lipinski definition) is 1. The molecule has 0 spiro atoms. The second-order valence-electron chi connectivity index (χ2n) is 3.48. The monoisotopic (exact) mass is 302 g/mol. The summed E-state index contributed by atoms with van der Waals surface area (Å²) < 4.78 is 10.1. The van der Waals surface area contributed by atoms with Crippen LogP contribution in [0.3, 0.4) is 0 Å². The zero-order valence-corrected chi connectivity index (χ0v) is 11.0. The van der Waals surface area contributed by atoms with Gasteiger partial charge < -0.3 is 14.3 Å². The molecule has 0 amide bonds. The van der Waals surface area contributed by atoms with E-state index in [2.05, 4.69) is 10.2 Å². The summed E-state index contributed by atoms with van der Waals surface area (Å²) in [6, 6.07) is 4.99. The minimum Gasteiger partial charge on any atom is -0.480 e. The van der Waals surface area contributed by atoms with Crippen molar-refractivity contribution in [3.8, 4) is 11.5 Å². The summed E-state index contributed by atoms with van der Waals surface area (Å²) in [4.78, 5) is 10.3. The van der Waals surface area contributed by atoms with Gasteiger partial charge in [0.2, 0.25) is 5.89 Å². The van der Waals surface area contributed by atoms with Gasteiger partial charge in [-0.3, -0.25) is 0 Å². The molecule has 1 aromatic carbocycles. The van der Waals surface area contributed by atoms with Crippen molar-refractivity contribution < 1.29 is 19.1 Å². The van der Waals surface area contributed by atoms with Crippen LogP contribution in [0.4, 0.5) is 0 Å². The Bertz CT molecular complexity index is 580. The van der Waals surface area contributed by atoms with Crippen LogP contribution in [0.25, 0.3) is 11.5 Å². The zero-order chi connectivity index (χ0) is 13.8. The van der Waals surface area contributed by atoms with Crippen molar-refractivity contribution >= 4 is 29.2 Å². The maximum absolute atomic E-state index is 10.3. The molecule has 0 radical (unpaired) electrons. The van der Waals surface area contributed by atoms with Crippen LogP contribution in [-0.2, 0) is 16.1 Å². The molecule has 2 rings (SSSR count). The first-order chi connectivity index (χ1) is 9.08. The van der Waals surface area contributed by atoms with Crippen LogP contribution in [0.2, 0.25) is 10.0 Å². The molecule has 0 aliphatic carbocycles. The Balaban J connectivity index is 2.15. The van der Waals surface area contributed by atoms with Crippen LogP contribution in [0.5, 0.6) is 0 Å². The number of carboxylic acids is 1. The summed E-state index contributed by atoms with van der Waals surface area (Å²) in [5, 5.41) is 16.7. The van der Waals surface area contributed by atoms with Crippen LogP contribution in [0.1, 0.15) is 5.89 Å². The Hall–Kier alpha value is -1.63. The lowest BCUT2D eigenvalue weighted by molar-refractivity contribution is -0.142. The number of benzene rings is 1. The average Bonchev–Trinajstić information content (AvgIpc) is 2.77. The standard InChI is InChI=1S/C11H8Cl2N2O4/c12-6-2-1-3-7(13)10(6)11-15-14-8(19-11)4-18-5-9(16)17/h1-3H,4-5H2,(H,16,17). The van der Waals surface area contributed by atoms with E-state index in [4.69, 9.17) is 37.5 Å². The minimum absolute atomic E-state index is 0.0959. The molecule has 100 valence electrons. The second-order valence-corrected chi connectivity index (χ2v) is 4.30. The third kappa shape index (κ3) is 3.44. The third-order valence-electron chi connectivity index (χ3n) is 2.09. The number of rotatable bonds is 5. The van der Waals surface area contributed by atoms with Crippen LogP contribution in [0, 0.1) is 0 Å². The maximum Gasteiger partial charge on any atom is 0.329 e. The van der Waals surface area contributed by atoms with Gasteiger partial charge in [0.05, 0.1) is 15.6 Å². The van der Waals surface area contributed by atoms with Gasteiger partial charge in [-0.25, -0.2) is 4.79 Å². The van der Waals surface area contributed by atoms with E-state index in [1.165, 1.54) is 0 Å². The fourth-order valence-corrected chi connectivity index (χ4v) is 1.90. The minimum atomic E-state index is -1.08. The van der Waals surface area contributed by atoms with Gasteiger partial charge in [-0.05, 0) is 12.1 Å². The fourth-order valence-electron chi connectivity index (χ4n) is 1.34. The van der Waals surface area contributed by atoms with Crippen molar-refractivity contribution in [1.82, 2.24) is 10.2 Å². The SMILES string of the molecule is O=C(O)COCc1nnc(-c2c(Cl)cccc2Cl)o1. The molecular formula is C11H8Cl2N2O4. The lowest BCUT2D eigenvalue weighted by Gasteiger charge is -2.00. The van der Waals surface area contributed by atoms with Crippen LogP contribution < -0.4 is 0 Å². The van der Waals surface area contributed by atoms with E-state index in [1.54, 1.807) is 18.2 Å². The molecule has 1 aromatic heterocycles. The summed E-state index contributed by atoms with van der Waals surface area (Å²) in [5.74, 6) is -0.773. The fraction of sp³-hybridized carbons (Fsp3) is 0.182. The molecule has 1 heterocycles. The number of aliphatic carboxylic acids is 1. The number of halogens is 2. The van der Waals surface area contributed by atoms with Crippen molar-refractivity contribution in [3.05, 3.63) is 34.1 Å². The number of aromatic nitrogens is 2. The molecule has 0 saturated carbocycles. The van der Waals surface area contributed by atoms with Crippen LogP contribution in [-0.4, -0.2) is 27.9 Å². The maximum atomic E-state index is 10.3. The van der Waals surface area contributed by atoms with Gasteiger partial charge in [-0.2, -0.15) is 0 Å². The molecule has 19 heavy (non-hydrogen) atoms. The third-order valence-corrected chi connectivity index (χ3v) is 2.72. The molecule has 2 aromatic rings. The molecular weight excluding hydrogens is 295 g/mol. The first-order valence-corrected chi connectivity index (χ1v) is 5.90. The van der Waals surface area contributed by atoms with Crippen molar-refractivity contribution in [2.75, 3.05) is 6.61 Å². The van der Waals surface area contributed by atoms with E-state index in [0.717, 1.165) is 0 Å². The highest BCUT2D eigenvalue weighted by Gasteiger charge is 2.15. The molecule has 0 aliphatic rings. The second kappa shape index (κ2) is 6.01. The molecule has 0 unspecified atom stereocenters. The summed E-state index contributed by atoms with van der Waals surface area (Å²) in [7, 11) is 0. The largest absolute Gasteiger partial charge is 0.480 e. The molecule has 6 nitrogen and oxygen atoms in total. The van der Waals surface area contributed by atoms with Crippen molar-refractivity contribution in [3.63, 3.8) is 0 Å². The number of carbonyl (C=O) groups is 1. The first-order valence-electron chi connectivity index (χ1n) is 5.14. The normalized spacial score (nSPS) is 10.6. The Kier molecular flexibility index (Phi) is 4.36. The van der Waals surface area contributed by atoms with Crippen molar-refractivity contribution in [1.29, 1.82) is 0 Å². The number of nitrogens with zero attached hydrogens (tertiary/aromatic N) is 2. The van der Waals surface area contributed by atoms with Gasteiger partial charge in [0.25, 0.3) is 5.89 Å². The molecule has 0 saturated heterocycles. The topological polar surface area (TPSA) is 85.5 Å². The van der Waals surface area contributed by atoms with E-state index in [1.807, 2.05) is 0 Å². The quantitative estimate of drug-likeness (QED) is 0.914. The van der Waals surface area contributed by atoms with E-state index in [9.17, 15) is 4.79 Å². The van der Waals surface area contributed by atoms with Gasteiger partial charge >= 0.3 is 5.97 Å². The van der Waals surface area contributed by atoms with Gasteiger partial charge in [0.15, 0.2) is 0 Å². The summed E-state index contributed by atoms with van der Waals surface area (Å²) in [6.45, 7) is -0.536. The zero-order valence-electron chi connectivity index (χ0n) is 9.47. The van der Waals surface area contributed by atoms with E-state index in [-0.39, 0.29) is 18.4 Å². The molecule has 1 N–H and O–H groups in total. The summed E-state index contributed by atoms with van der Waals surface area (Å²) in [6.07, 6.45) is 0. The van der Waals surface area contributed by atoms with Crippen LogP contribution >= 0.6 is 23.2 Å². The Labute approximate surface area is 117 Å². The highest BCUT2D eigenvalue weighted by atomic mass is 35.5. The van der Waals surface area contributed by atoms with E-state index in [0.29, 0.717) is 15.6 Å². The lowest BCUT2D eigenvalue weighted by atomic mass is 10.2. The molecule has 0 atom stereocenters. The van der Waals surface area contributed by atoms with Crippen LogP contribution in [0.15, 0.2) is 22.6 Å². The lowest BCUT2D eigenvalue weighted by Crippen LogP contribution is -2.06. The summed E-state index contributed by atoms with van der Waals surface area (Å²) in [5.41, 5.74) is 0.433.